The Morgan fingerprint density at radius 1 is 1.33 bits per heavy atom. The minimum Gasteiger partial charge on any atom is -0.372 e. The number of nitrogens with zero attached hydrogens (tertiary/aromatic N) is 2. The van der Waals surface area contributed by atoms with Gasteiger partial charge in [0.05, 0.1) is 15.9 Å². The Morgan fingerprint density at radius 3 is 2.61 bits per heavy atom. The van der Waals surface area contributed by atoms with Gasteiger partial charge in [-0.05, 0) is 28.8 Å². The number of halogens is 1. The highest BCUT2D eigenvalue weighted by molar-refractivity contribution is 9.10. The van der Waals surface area contributed by atoms with Crippen molar-refractivity contribution in [2.45, 2.75) is 51.0 Å². The number of thioether (sulfide) groups is 1. The van der Waals surface area contributed by atoms with Gasteiger partial charge in [0.2, 0.25) is 0 Å². The van der Waals surface area contributed by atoms with Crippen molar-refractivity contribution in [2.75, 3.05) is 12.4 Å². The number of hydrogen-bond donors (Lipinski definition) is 1. The molecule has 0 saturated carbocycles. The molecule has 0 aliphatic carbocycles. The third kappa shape index (κ3) is 4.43. The van der Waals surface area contributed by atoms with Crippen LogP contribution in [0.5, 0.6) is 0 Å². The summed E-state index contributed by atoms with van der Waals surface area (Å²) in [5.74, 6) is 2.71. The number of aryl methyl sites for hydroxylation is 1. The fraction of sp³-hybridized carbons (Fsp3) is 0.692. The summed E-state index contributed by atoms with van der Waals surface area (Å²) in [4.78, 5) is 9.21. The van der Waals surface area contributed by atoms with Crippen LogP contribution in [0.2, 0.25) is 0 Å². The van der Waals surface area contributed by atoms with Crippen molar-refractivity contribution in [3.63, 3.8) is 0 Å². The molecule has 0 aromatic carbocycles. The quantitative estimate of drug-likeness (QED) is 0.809. The second-order valence-electron chi connectivity index (χ2n) is 4.28. The van der Waals surface area contributed by atoms with Gasteiger partial charge >= 0.3 is 0 Å². The number of nitrogens with one attached hydrogen (secondary N) is 1. The van der Waals surface area contributed by atoms with E-state index < -0.39 is 0 Å². The third-order valence-corrected chi connectivity index (χ3v) is 4.92. The maximum atomic E-state index is 4.66. The molecule has 0 saturated heterocycles. The lowest BCUT2D eigenvalue weighted by Crippen LogP contribution is -2.06. The van der Waals surface area contributed by atoms with Gasteiger partial charge in [-0.3, -0.25) is 0 Å². The van der Waals surface area contributed by atoms with Crippen LogP contribution in [0, 0.1) is 0 Å². The minimum absolute atomic E-state index is 0.657. The summed E-state index contributed by atoms with van der Waals surface area (Å²) in [6.45, 7) is 6.62. The largest absolute Gasteiger partial charge is 0.372 e. The van der Waals surface area contributed by atoms with Crippen LogP contribution in [0.15, 0.2) is 4.47 Å². The van der Waals surface area contributed by atoms with E-state index in [1.54, 1.807) is 0 Å². The molecule has 1 aromatic rings. The standard InChI is InChI=1S/C13H22BrN3S/c1-5-7-10-12(14)13(15-4)17-11(16-10)8-18-9(3)6-2/h9H,5-8H2,1-4H3,(H,15,16,17). The Bertz CT molecular complexity index is 385. The molecule has 1 aromatic heterocycles. The lowest BCUT2D eigenvalue weighted by Gasteiger charge is -2.12. The smallest absolute Gasteiger partial charge is 0.144 e. The van der Waals surface area contributed by atoms with E-state index in [9.17, 15) is 0 Å². The molecule has 0 spiro atoms. The molecule has 1 N–H and O–H groups in total. The lowest BCUT2D eigenvalue weighted by molar-refractivity contribution is 0.844. The molecule has 0 aliphatic heterocycles. The molecule has 3 nitrogen and oxygen atoms in total. The van der Waals surface area contributed by atoms with Gasteiger partial charge in [0.15, 0.2) is 0 Å². The topological polar surface area (TPSA) is 37.8 Å². The first kappa shape index (κ1) is 15.8. The molecule has 102 valence electrons. The van der Waals surface area contributed by atoms with Gasteiger partial charge in [-0.1, -0.05) is 27.2 Å². The monoisotopic (exact) mass is 331 g/mol. The fourth-order valence-electron chi connectivity index (χ4n) is 1.51. The van der Waals surface area contributed by atoms with Crippen LogP contribution in [0.4, 0.5) is 5.82 Å². The zero-order valence-electron chi connectivity index (χ0n) is 11.6. The molecular formula is C13H22BrN3S. The van der Waals surface area contributed by atoms with Crippen molar-refractivity contribution >= 4 is 33.5 Å². The van der Waals surface area contributed by atoms with E-state index in [0.29, 0.717) is 5.25 Å². The number of hydrogen-bond acceptors (Lipinski definition) is 4. The summed E-state index contributed by atoms with van der Waals surface area (Å²) in [5.41, 5.74) is 1.11. The molecule has 1 unspecified atom stereocenters. The predicted molar refractivity (Wildman–Crippen MR) is 84.3 cm³/mol. The van der Waals surface area contributed by atoms with Gasteiger partial charge in [-0.2, -0.15) is 11.8 Å². The van der Waals surface area contributed by atoms with E-state index in [1.165, 1.54) is 6.42 Å². The normalized spacial score (nSPS) is 12.5. The van der Waals surface area contributed by atoms with E-state index >= 15 is 0 Å². The zero-order valence-corrected chi connectivity index (χ0v) is 14.0. The SMILES string of the molecule is CCCc1nc(CSC(C)CC)nc(NC)c1Br. The molecule has 5 heteroatoms. The maximum Gasteiger partial charge on any atom is 0.144 e. The molecule has 0 radical (unpaired) electrons. The summed E-state index contributed by atoms with van der Waals surface area (Å²) < 4.78 is 1.00. The first-order chi connectivity index (χ1) is 8.62. The van der Waals surface area contributed by atoms with Crippen LogP contribution >= 0.6 is 27.7 Å². The summed E-state index contributed by atoms with van der Waals surface area (Å²) in [6, 6.07) is 0. The molecule has 1 rings (SSSR count). The first-order valence-corrected chi connectivity index (χ1v) is 8.31. The molecule has 1 heterocycles. The van der Waals surface area contributed by atoms with Crippen molar-refractivity contribution in [1.29, 1.82) is 0 Å². The molecular weight excluding hydrogens is 310 g/mol. The number of rotatable bonds is 7. The van der Waals surface area contributed by atoms with Crippen LogP contribution in [-0.2, 0) is 12.2 Å². The maximum absolute atomic E-state index is 4.66. The molecule has 0 aliphatic rings. The van der Waals surface area contributed by atoms with E-state index in [-0.39, 0.29) is 0 Å². The zero-order chi connectivity index (χ0) is 13.5. The van der Waals surface area contributed by atoms with E-state index in [2.05, 4.69) is 52.0 Å². The van der Waals surface area contributed by atoms with E-state index in [4.69, 9.17) is 0 Å². The van der Waals surface area contributed by atoms with Crippen molar-refractivity contribution < 1.29 is 0 Å². The van der Waals surface area contributed by atoms with Gasteiger partial charge in [0.1, 0.15) is 11.6 Å². The van der Waals surface area contributed by atoms with Crippen molar-refractivity contribution in [3.8, 4) is 0 Å². The van der Waals surface area contributed by atoms with E-state index in [1.807, 2.05) is 18.8 Å². The average Bonchev–Trinajstić information content (AvgIpc) is 2.39. The first-order valence-electron chi connectivity index (χ1n) is 6.46. The summed E-state index contributed by atoms with van der Waals surface area (Å²) in [7, 11) is 1.90. The Balaban J connectivity index is 2.87. The van der Waals surface area contributed by atoms with Crippen molar-refractivity contribution in [1.82, 2.24) is 9.97 Å². The molecule has 18 heavy (non-hydrogen) atoms. The van der Waals surface area contributed by atoms with Crippen molar-refractivity contribution in [3.05, 3.63) is 16.0 Å². The Hall–Kier alpha value is -0.290. The summed E-state index contributed by atoms with van der Waals surface area (Å²) in [5, 5.41) is 3.79. The molecule has 0 fully saturated rings. The van der Waals surface area contributed by atoms with Gasteiger partial charge in [0, 0.05) is 12.3 Å². The van der Waals surface area contributed by atoms with Crippen LogP contribution in [0.25, 0.3) is 0 Å². The van der Waals surface area contributed by atoms with Crippen LogP contribution in [-0.4, -0.2) is 22.3 Å². The summed E-state index contributed by atoms with van der Waals surface area (Å²) in [6.07, 6.45) is 3.26. The highest BCUT2D eigenvalue weighted by Crippen LogP contribution is 2.26. The Labute approximate surface area is 123 Å². The van der Waals surface area contributed by atoms with Crippen molar-refractivity contribution in [2.24, 2.45) is 0 Å². The van der Waals surface area contributed by atoms with Gasteiger partial charge in [-0.15, -0.1) is 0 Å². The Morgan fingerprint density at radius 2 is 2.06 bits per heavy atom. The highest BCUT2D eigenvalue weighted by atomic mass is 79.9. The van der Waals surface area contributed by atoms with Gasteiger partial charge in [-0.25, -0.2) is 9.97 Å². The minimum atomic E-state index is 0.657. The van der Waals surface area contributed by atoms with Crippen LogP contribution in [0.3, 0.4) is 0 Å². The average molecular weight is 332 g/mol. The number of anilines is 1. The van der Waals surface area contributed by atoms with Gasteiger partial charge < -0.3 is 5.32 Å². The fourth-order valence-corrected chi connectivity index (χ4v) is 2.88. The van der Waals surface area contributed by atoms with Crippen LogP contribution < -0.4 is 5.32 Å². The second kappa shape index (κ2) is 8.00. The lowest BCUT2D eigenvalue weighted by atomic mass is 10.2. The van der Waals surface area contributed by atoms with Crippen LogP contribution in [0.1, 0.15) is 45.1 Å². The van der Waals surface area contributed by atoms with E-state index in [0.717, 1.165) is 40.4 Å². The van der Waals surface area contributed by atoms with Gasteiger partial charge in [0.25, 0.3) is 0 Å². The highest BCUT2D eigenvalue weighted by Gasteiger charge is 2.11. The number of aromatic nitrogens is 2. The molecule has 0 amide bonds. The molecule has 0 bridgehead atoms. The summed E-state index contributed by atoms with van der Waals surface area (Å²) >= 11 is 5.49. The second-order valence-corrected chi connectivity index (χ2v) is 6.50. The third-order valence-electron chi connectivity index (χ3n) is 2.76. The Kier molecular flexibility index (Phi) is 7.00. The molecule has 1 atom stereocenters. The predicted octanol–water partition coefficient (Wildman–Crippen LogP) is 4.27.